The Bertz CT molecular complexity index is 3510. The molecule has 4 aliphatic carbocycles. The lowest BCUT2D eigenvalue weighted by Gasteiger charge is -2.59. The molecule has 2 saturated heterocycles. The number of carbonyl (C=O) groups excluding carboxylic acids is 6. The summed E-state index contributed by atoms with van der Waals surface area (Å²) >= 11 is -1.50. The largest absolute Gasteiger partial charge is 0.444 e. The molecule has 24 heteroatoms. The van der Waals surface area contributed by atoms with E-state index in [1.54, 1.807) is 0 Å². The lowest BCUT2D eigenvalue weighted by atomic mass is 9.50. The molecule has 6 heterocycles. The van der Waals surface area contributed by atoms with E-state index < -0.39 is 84.2 Å². The Labute approximate surface area is 613 Å². The number of amides is 2. The zero-order valence-electron chi connectivity index (χ0n) is 64.1. The van der Waals surface area contributed by atoms with Gasteiger partial charge in [0.05, 0.1) is 25.4 Å². The lowest BCUT2D eigenvalue weighted by molar-refractivity contribution is -0.193. The first-order valence-electron chi connectivity index (χ1n) is 35.7. The van der Waals surface area contributed by atoms with Crippen molar-refractivity contribution in [3.63, 3.8) is 0 Å². The van der Waals surface area contributed by atoms with E-state index in [2.05, 4.69) is 194 Å². The average molecular weight is 1480 g/mol. The van der Waals surface area contributed by atoms with Crippen LogP contribution < -0.4 is 0 Å². The van der Waals surface area contributed by atoms with Crippen LogP contribution in [0.5, 0.6) is 0 Å². The molecule has 0 radical (unpaired) electrons. The molecule has 12 rings (SSSR count). The van der Waals surface area contributed by atoms with E-state index in [1.165, 1.54) is 55.7 Å². The van der Waals surface area contributed by atoms with Gasteiger partial charge in [-0.25, -0.2) is 9.59 Å². The van der Waals surface area contributed by atoms with Crippen LogP contribution in [0.4, 0.5) is 9.59 Å². The quantitative estimate of drug-likeness (QED) is 0.158. The first-order valence-corrected chi connectivity index (χ1v) is 42.9. The van der Waals surface area contributed by atoms with Gasteiger partial charge in [-0.05, 0) is 210 Å². The molecule has 2 aromatic carbocycles. The summed E-state index contributed by atoms with van der Waals surface area (Å²) in [5.74, 6) is 0.337. The number of benzene rings is 2. The molecule has 2 saturated carbocycles. The van der Waals surface area contributed by atoms with Crippen molar-refractivity contribution < 1.29 is 82.9 Å². The van der Waals surface area contributed by atoms with Crippen LogP contribution in [-0.2, 0) is 79.6 Å². The summed E-state index contributed by atoms with van der Waals surface area (Å²) in [5, 5.41) is 0.161. The first-order chi connectivity index (χ1) is 47.5. The van der Waals surface area contributed by atoms with Crippen LogP contribution in [0.3, 0.4) is 0 Å². The predicted molar refractivity (Wildman–Crippen MR) is 393 cm³/mol. The highest BCUT2D eigenvalue weighted by molar-refractivity contribution is 7.52. The summed E-state index contributed by atoms with van der Waals surface area (Å²) in [7, 11) is -4.19. The molecule has 2 spiro atoms. The molecule has 560 valence electrons. The third-order valence-corrected chi connectivity index (χ3v) is 32.7. The van der Waals surface area contributed by atoms with Crippen LogP contribution in [0.15, 0.2) is 118 Å². The molecule has 0 N–H and O–H groups in total. The summed E-state index contributed by atoms with van der Waals surface area (Å²) in [6, 6.07) is 21.5. The molecule has 0 aromatic heterocycles. The summed E-state index contributed by atoms with van der Waals surface area (Å²) < 4.78 is 88.2. The number of hydrogen-bond donors (Lipinski definition) is 0. The third-order valence-electron chi connectivity index (χ3n) is 23.6. The van der Waals surface area contributed by atoms with Gasteiger partial charge in [0.15, 0.2) is 16.6 Å². The maximum Gasteiger partial charge on any atom is 0.410 e. The highest BCUT2D eigenvalue weighted by atomic mass is 32.1. The number of ether oxygens (including phenoxy) is 6. The highest BCUT2D eigenvalue weighted by Gasteiger charge is 2.76. The van der Waals surface area contributed by atoms with Crippen molar-refractivity contribution in [2.45, 2.75) is 257 Å². The molecular formula is C78H110N2O18S2Si2. The van der Waals surface area contributed by atoms with Gasteiger partial charge in [-0.1, -0.05) is 142 Å². The van der Waals surface area contributed by atoms with Gasteiger partial charge in [-0.2, -0.15) is 36.0 Å². The monoisotopic (exact) mass is 1480 g/mol. The minimum absolute atomic E-state index is 0.0806. The van der Waals surface area contributed by atoms with Gasteiger partial charge in [-0.3, -0.25) is 0 Å². The molecule has 102 heavy (non-hydrogen) atoms. The number of hydrogen-bond acceptors (Lipinski definition) is 18. The molecule has 6 aliphatic heterocycles. The third kappa shape index (κ3) is 14.9. The van der Waals surface area contributed by atoms with Crippen molar-refractivity contribution >= 4 is 75.4 Å². The lowest BCUT2D eigenvalue weighted by Crippen LogP contribution is -2.65. The molecule has 12 atom stereocenters. The van der Waals surface area contributed by atoms with Crippen LogP contribution >= 0.6 is 0 Å². The minimum atomic E-state index is -2.09. The van der Waals surface area contributed by atoms with Crippen molar-refractivity contribution in [3.8, 4) is 0 Å². The Morgan fingerprint density at radius 3 is 1.14 bits per heavy atom. The maximum atomic E-state index is 13.8. The van der Waals surface area contributed by atoms with Crippen molar-refractivity contribution in [1.29, 1.82) is 0 Å². The Morgan fingerprint density at radius 1 is 0.559 bits per heavy atom. The molecule has 10 aliphatic rings. The van der Waals surface area contributed by atoms with Gasteiger partial charge in [0.25, 0.3) is 0 Å². The Hall–Kier alpha value is -5.99. The minimum Gasteiger partial charge on any atom is -0.444 e. The summed E-state index contributed by atoms with van der Waals surface area (Å²) in [4.78, 5) is 63.8. The average Bonchev–Trinajstić information content (AvgIpc) is 1.48. The SMILES string of the molecule is CCC1=C(c2ccccc2)[C@@H]2C=C3[C@]1(O2)[C@H](C)C[C@@]12CN(C(=O)OC(C)(C)C)CCO[C@@]31CC=C2[C@@H](C)O[Si](C)(C)C(C)(C)C.CCC1=C(c2ccccc2)[C@H]2C=C3[C@@]1(O2)[C@H](C)C[C@@]12CN(C(=O)OC(C)(C)C)CCO[C@@]31CC=C2[C@@H](C)O[Si](C)(C)C(C)(C)C.O=C=O.O=C=O.O=S=O.O=S=O. The van der Waals surface area contributed by atoms with Gasteiger partial charge in [0.2, 0.25) is 0 Å². The molecular weight excluding hydrogens is 1370 g/mol. The van der Waals surface area contributed by atoms with E-state index in [0.717, 1.165) is 38.5 Å². The summed E-state index contributed by atoms with van der Waals surface area (Å²) in [6.45, 7) is 51.4. The Morgan fingerprint density at radius 2 is 0.863 bits per heavy atom. The Kier molecular flexibility index (Phi) is 25.5. The highest BCUT2D eigenvalue weighted by Crippen LogP contribution is 2.74. The summed E-state index contributed by atoms with van der Waals surface area (Å²) in [6.07, 6.45) is 14.1. The second kappa shape index (κ2) is 31.2. The van der Waals surface area contributed by atoms with E-state index in [1.807, 2.05) is 51.3 Å². The fourth-order valence-corrected chi connectivity index (χ4v) is 20.8. The van der Waals surface area contributed by atoms with Crippen LogP contribution in [0, 0.1) is 22.7 Å². The predicted octanol–water partition coefficient (Wildman–Crippen LogP) is 14.9. The number of fused-ring (bicyclic) bond motifs is 2. The van der Waals surface area contributed by atoms with Crippen LogP contribution in [0.1, 0.15) is 174 Å². The van der Waals surface area contributed by atoms with Gasteiger partial charge in [-0.15, -0.1) is 0 Å². The van der Waals surface area contributed by atoms with Gasteiger partial charge < -0.3 is 47.1 Å². The van der Waals surface area contributed by atoms with Crippen molar-refractivity contribution in [2.75, 3.05) is 39.4 Å². The summed E-state index contributed by atoms with van der Waals surface area (Å²) in [5.41, 5.74) is 8.67. The maximum absolute atomic E-state index is 13.8. The second-order valence-corrected chi connectivity index (χ2v) is 43.3. The molecule has 2 amide bonds. The van der Waals surface area contributed by atoms with Crippen LogP contribution in [0.2, 0.25) is 36.3 Å². The molecule has 2 aromatic rings. The van der Waals surface area contributed by atoms with E-state index in [4.69, 9.17) is 73.3 Å². The molecule has 0 unspecified atom stereocenters. The van der Waals surface area contributed by atoms with Crippen molar-refractivity contribution in [1.82, 2.24) is 9.80 Å². The number of nitrogens with zero attached hydrogens (tertiary/aromatic N) is 2. The van der Waals surface area contributed by atoms with Crippen LogP contribution in [0.25, 0.3) is 11.1 Å². The number of rotatable bonds is 10. The molecule has 20 nitrogen and oxygen atoms in total. The topological polar surface area (TPSA) is 251 Å². The normalized spacial score (nSPS) is 30.1. The van der Waals surface area contributed by atoms with Gasteiger partial charge in [0.1, 0.15) is 45.8 Å². The molecule has 4 bridgehead atoms. The van der Waals surface area contributed by atoms with Gasteiger partial charge in [0, 0.05) is 37.0 Å². The second-order valence-electron chi connectivity index (χ2n) is 33.5. The Balaban J connectivity index is 0.000000248. The number of carbonyl (C=O) groups is 2. The smallest absolute Gasteiger partial charge is 0.410 e. The van der Waals surface area contributed by atoms with E-state index in [-0.39, 0.29) is 70.8 Å². The zero-order chi connectivity index (χ0) is 76.4. The fourth-order valence-electron chi connectivity index (χ4n) is 18.1. The van der Waals surface area contributed by atoms with Crippen molar-refractivity contribution in [3.05, 3.63) is 130 Å². The zero-order valence-corrected chi connectivity index (χ0v) is 67.7. The van der Waals surface area contributed by atoms with E-state index >= 15 is 0 Å². The first kappa shape index (κ1) is 83.3. The molecule has 4 fully saturated rings. The van der Waals surface area contributed by atoms with E-state index in [0.29, 0.717) is 39.4 Å². The van der Waals surface area contributed by atoms with E-state index in [9.17, 15) is 9.59 Å². The van der Waals surface area contributed by atoms with Crippen LogP contribution in [-0.4, -0.2) is 165 Å². The van der Waals surface area contributed by atoms with Crippen molar-refractivity contribution in [2.24, 2.45) is 22.7 Å². The van der Waals surface area contributed by atoms with Gasteiger partial charge >= 0.3 is 47.6 Å². The fraction of sp³-hybridized carbons (Fsp3) is 0.641. The standard InChI is InChI=1S/2C38H55NO5Si.2CO2.2O2S/c2*1-12-28-32(27-16-14-13-15-17-27)30-22-31-37-19-18-29(26(3)44-45(10,11)35(7,8)9)36(37,23-25(2)38(28,31)42-30)24-39(20-21-41-37)33(40)43-34(4,5)6;2*2-1-3;2*1-3-2/h2*13-18,22,25-26,30H,12,19-21,23-24H2,1-11H3;;;;/t25-,26-,30+,36+,37+,38+;25-,26-,30-,36+,37+,38-;;;;/m11..../s1.